The molecule has 0 spiro atoms. The molecule has 0 radical (unpaired) electrons. The Morgan fingerprint density at radius 2 is 1.88 bits per heavy atom. The van der Waals surface area contributed by atoms with Crippen LogP contribution in [0.2, 0.25) is 0 Å². The van der Waals surface area contributed by atoms with Crippen molar-refractivity contribution in [3.05, 3.63) is 83.3 Å². The third-order valence-electron chi connectivity index (χ3n) is 6.64. The molecule has 0 unspecified atom stereocenters. The van der Waals surface area contributed by atoms with Crippen molar-refractivity contribution in [1.29, 1.82) is 0 Å². The van der Waals surface area contributed by atoms with Crippen LogP contribution < -0.4 is 5.73 Å². The van der Waals surface area contributed by atoms with Crippen molar-refractivity contribution in [2.75, 3.05) is 5.73 Å². The summed E-state index contributed by atoms with van der Waals surface area (Å²) in [6, 6.07) is 12.6. The van der Waals surface area contributed by atoms with E-state index in [0.29, 0.717) is 28.2 Å². The number of hydrogen-bond donors (Lipinski definition) is 1. The summed E-state index contributed by atoms with van der Waals surface area (Å²) < 4.78 is 17.9. The number of nitrogens with two attached hydrogens (primary N) is 1. The Labute approximate surface area is 191 Å². The van der Waals surface area contributed by atoms with Crippen molar-refractivity contribution >= 4 is 27.6 Å². The van der Waals surface area contributed by atoms with Gasteiger partial charge in [0.2, 0.25) is 0 Å². The minimum Gasteiger partial charge on any atom is -0.383 e. The van der Waals surface area contributed by atoms with Gasteiger partial charge in [0.25, 0.3) is 0 Å². The van der Waals surface area contributed by atoms with Gasteiger partial charge in [-0.1, -0.05) is 35.9 Å². The molecule has 0 saturated heterocycles. The van der Waals surface area contributed by atoms with E-state index in [1.807, 2.05) is 24.4 Å². The zero-order valence-electron chi connectivity index (χ0n) is 18.6. The Morgan fingerprint density at radius 1 is 1.03 bits per heavy atom. The van der Waals surface area contributed by atoms with Gasteiger partial charge in [0.1, 0.15) is 23.6 Å². The molecule has 5 nitrogen and oxygen atoms in total. The molecule has 5 aromatic rings. The number of benzene rings is 2. The zero-order chi connectivity index (χ0) is 22.7. The van der Waals surface area contributed by atoms with Crippen LogP contribution in [0.4, 0.5) is 10.2 Å². The summed E-state index contributed by atoms with van der Waals surface area (Å²) in [6.07, 6.45) is 8.00. The third-order valence-corrected chi connectivity index (χ3v) is 6.64. The summed E-state index contributed by atoms with van der Waals surface area (Å²) in [5.74, 6) is 0.0762. The van der Waals surface area contributed by atoms with E-state index >= 15 is 4.39 Å². The Kier molecular flexibility index (Phi) is 4.43. The number of rotatable bonds is 4. The van der Waals surface area contributed by atoms with Crippen molar-refractivity contribution in [3.8, 4) is 11.1 Å². The Hall–Kier alpha value is -3.80. The standard InChI is InChI=1S/C27H24FN5/c1-15-3-4-16(2)18(9-15)11-19-10-17-5-8-21(25(28)22(17)12-30-19)23-13-33(20-6-7-20)27-24(23)26(29)31-14-32-27/h3-5,8-10,12-14,20H,6-7,11H2,1-2H3,(H2,29,31,32). The molecule has 1 fully saturated rings. The molecule has 0 aliphatic heterocycles. The van der Waals surface area contributed by atoms with Crippen LogP contribution >= 0.6 is 0 Å². The number of aromatic nitrogens is 4. The highest BCUT2D eigenvalue weighted by atomic mass is 19.1. The fourth-order valence-electron chi connectivity index (χ4n) is 4.66. The second kappa shape index (κ2) is 7.37. The monoisotopic (exact) mass is 437 g/mol. The third kappa shape index (κ3) is 3.33. The summed E-state index contributed by atoms with van der Waals surface area (Å²) in [5.41, 5.74) is 12.8. The highest BCUT2D eigenvalue weighted by Gasteiger charge is 2.28. The fraction of sp³-hybridized carbons (Fsp3) is 0.222. The second-order valence-electron chi connectivity index (χ2n) is 9.07. The number of pyridine rings is 1. The van der Waals surface area contributed by atoms with Crippen molar-refractivity contribution in [3.63, 3.8) is 0 Å². The van der Waals surface area contributed by atoms with Gasteiger partial charge in [-0.25, -0.2) is 14.4 Å². The van der Waals surface area contributed by atoms with Gasteiger partial charge in [-0.15, -0.1) is 0 Å². The van der Waals surface area contributed by atoms with Crippen LogP contribution in [-0.4, -0.2) is 19.5 Å². The van der Waals surface area contributed by atoms with Crippen LogP contribution in [-0.2, 0) is 6.42 Å². The molecule has 1 aliphatic rings. The first-order chi connectivity index (χ1) is 16.0. The maximum absolute atomic E-state index is 15.8. The highest BCUT2D eigenvalue weighted by Crippen LogP contribution is 2.43. The lowest BCUT2D eigenvalue weighted by Gasteiger charge is -2.10. The molecule has 6 rings (SSSR count). The molecule has 3 aromatic heterocycles. The first-order valence-electron chi connectivity index (χ1n) is 11.2. The van der Waals surface area contributed by atoms with Crippen LogP contribution in [0.25, 0.3) is 32.9 Å². The molecule has 0 atom stereocenters. The lowest BCUT2D eigenvalue weighted by Crippen LogP contribution is -1.97. The number of fused-ring (bicyclic) bond motifs is 2. The molecule has 6 heteroatoms. The molecule has 164 valence electrons. The maximum Gasteiger partial charge on any atom is 0.146 e. The zero-order valence-corrected chi connectivity index (χ0v) is 18.6. The normalized spacial score (nSPS) is 13.8. The van der Waals surface area contributed by atoms with E-state index in [1.165, 1.54) is 23.0 Å². The van der Waals surface area contributed by atoms with E-state index in [2.05, 4.69) is 51.6 Å². The Bertz CT molecular complexity index is 1550. The van der Waals surface area contributed by atoms with Gasteiger partial charge in [-0.2, -0.15) is 0 Å². The number of anilines is 1. The average Bonchev–Trinajstić information content (AvgIpc) is 3.57. The predicted molar refractivity (Wildman–Crippen MR) is 130 cm³/mol. The van der Waals surface area contributed by atoms with Gasteiger partial charge in [0.15, 0.2) is 0 Å². The number of hydrogen-bond acceptors (Lipinski definition) is 4. The molecule has 1 aliphatic carbocycles. The van der Waals surface area contributed by atoms with E-state index in [4.69, 9.17) is 5.73 Å². The van der Waals surface area contributed by atoms with E-state index in [1.54, 1.807) is 6.20 Å². The molecule has 3 heterocycles. The van der Waals surface area contributed by atoms with Gasteiger partial charge in [0.05, 0.1) is 5.39 Å². The molecule has 2 aromatic carbocycles. The van der Waals surface area contributed by atoms with Gasteiger partial charge >= 0.3 is 0 Å². The molecular weight excluding hydrogens is 413 g/mol. The molecule has 2 N–H and O–H groups in total. The lowest BCUT2D eigenvalue weighted by atomic mass is 9.98. The van der Waals surface area contributed by atoms with Gasteiger partial charge < -0.3 is 10.3 Å². The Morgan fingerprint density at radius 3 is 2.70 bits per heavy atom. The van der Waals surface area contributed by atoms with Gasteiger partial charge in [0, 0.05) is 47.1 Å². The molecule has 0 amide bonds. The summed E-state index contributed by atoms with van der Waals surface area (Å²) in [7, 11) is 0. The van der Waals surface area contributed by atoms with Gasteiger partial charge in [-0.3, -0.25) is 4.98 Å². The Balaban J connectivity index is 1.45. The quantitative estimate of drug-likeness (QED) is 0.379. The van der Waals surface area contributed by atoms with Crippen molar-refractivity contribution < 1.29 is 4.39 Å². The summed E-state index contributed by atoms with van der Waals surface area (Å²) >= 11 is 0. The highest BCUT2D eigenvalue weighted by molar-refractivity contribution is 6.02. The lowest BCUT2D eigenvalue weighted by molar-refractivity contribution is 0.642. The minimum atomic E-state index is -0.295. The van der Waals surface area contributed by atoms with E-state index in [-0.39, 0.29) is 5.82 Å². The van der Waals surface area contributed by atoms with Crippen LogP contribution in [0, 0.1) is 19.7 Å². The SMILES string of the molecule is Cc1ccc(C)c(Cc2cc3ccc(-c4cn(C5CC5)c5ncnc(N)c45)c(F)c3cn2)c1. The molecular formula is C27H24FN5. The number of nitrogens with zero attached hydrogens (tertiary/aromatic N) is 4. The van der Waals surface area contributed by atoms with Crippen LogP contribution in [0.5, 0.6) is 0 Å². The largest absolute Gasteiger partial charge is 0.383 e. The predicted octanol–water partition coefficient (Wildman–Crippen LogP) is 5.91. The summed E-state index contributed by atoms with van der Waals surface area (Å²) in [5, 5.41) is 2.05. The minimum absolute atomic E-state index is 0.295. The average molecular weight is 438 g/mol. The van der Waals surface area contributed by atoms with Crippen LogP contribution in [0.3, 0.4) is 0 Å². The fourth-order valence-corrected chi connectivity index (χ4v) is 4.66. The van der Waals surface area contributed by atoms with E-state index in [9.17, 15) is 0 Å². The molecule has 1 saturated carbocycles. The van der Waals surface area contributed by atoms with Crippen molar-refractivity contribution in [2.24, 2.45) is 0 Å². The number of aryl methyl sites for hydroxylation is 2. The number of nitrogen functional groups attached to an aromatic ring is 1. The second-order valence-corrected chi connectivity index (χ2v) is 9.07. The van der Waals surface area contributed by atoms with Gasteiger partial charge in [-0.05, 0) is 49.3 Å². The van der Waals surface area contributed by atoms with E-state index in [0.717, 1.165) is 41.6 Å². The van der Waals surface area contributed by atoms with Crippen molar-refractivity contribution in [1.82, 2.24) is 19.5 Å². The smallest absolute Gasteiger partial charge is 0.146 e. The number of halogens is 1. The van der Waals surface area contributed by atoms with E-state index < -0.39 is 0 Å². The molecule has 0 bridgehead atoms. The molecule has 33 heavy (non-hydrogen) atoms. The van der Waals surface area contributed by atoms with Crippen molar-refractivity contribution in [2.45, 2.75) is 39.2 Å². The first kappa shape index (κ1) is 19.9. The first-order valence-corrected chi connectivity index (χ1v) is 11.2. The summed E-state index contributed by atoms with van der Waals surface area (Å²) in [4.78, 5) is 13.2. The van der Waals surface area contributed by atoms with Crippen LogP contribution in [0.15, 0.2) is 55.1 Å². The maximum atomic E-state index is 15.8. The summed E-state index contributed by atoms with van der Waals surface area (Å²) in [6.45, 7) is 4.20. The topological polar surface area (TPSA) is 69.6 Å². The van der Waals surface area contributed by atoms with Crippen LogP contribution in [0.1, 0.15) is 41.3 Å².